The molecular formula is C28H31N8O3P. The normalized spacial score (nSPS) is 15.1. The predicted molar refractivity (Wildman–Crippen MR) is 155 cm³/mol. The van der Waals surface area contributed by atoms with Crippen molar-refractivity contribution < 1.29 is 14.1 Å². The van der Waals surface area contributed by atoms with E-state index in [1.807, 2.05) is 50.4 Å². The molecule has 0 radical (unpaired) electrons. The molecule has 11 nitrogen and oxygen atoms in total. The molecule has 2 aliphatic carbocycles. The Balaban J connectivity index is 1.36. The number of carbonyl (C=O) groups is 1. The summed E-state index contributed by atoms with van der Waals surface area (Å²) in [6.07, 6.45) is 5.79. The van der Waals surface area contributed by atoms with Gasteiger partial charge in [-0.2, -0.15) is 5.10 Å². The first-order valence-corrected chi connectivity index (χ1v) is 15.1. The molecule has 4 aromatic rings. The third kappa shape index (κ3) is 4.81. The van der Waals surface area contributed by atoms with Crippen LogP contribution in [0.5, 0.6) is 5.75 Å². The number of primary amides is 1. The van der Waals surface area contributed by atoms with Crippen LogP contribution >= 0.6 is 7.14 Å². The van der Waals surface area contributed by atoms with Crippen LogP contribution in [0.2, 0.25) is 0 Å². The second kappa shape index (κ2) is 10.1. The van der Waals surface area contributed by atoms with E-state index in [2.05, 4.69) is 25.8 Å². The van der Waals surface area contributed by atoms with Gasteiger partial charge in [0.1, 0.15) is 13.0 Å². The number of anilines is 4. The van der Waals surface area contributed by atoms with Crippen molar-refractivity contribution in [2.75, 3.05) is 17.7 Å². The van der Waals surface area contributed by atoms with Gasteiger partial charge in [0.25, 0.3) is 5.91 Å². The number of amides is 1. The molecule has 3 aromatic heterocycles. The van der Waals surface area contributed by atoms with Gasteiger partial charge in [0, 0.05) is 36.2 Å². The first-order chi connectivity index (χ1) is 19.3. The van der Waals surface area contributed by atoms with Crippen molar-refractivity contribution in [3.05, 3.63) is 59.9 Å². The van der Waals surface area contributed by atoms with Crippen molar-refractivity contribution in [1.82, 2.24) is 25.0 Å². The van der Waals surface area contributed by atoms with Crippen LogP contribution in [0.25, 0.3) is 11.3 Å². The van der Waals surface area contributed by atoms with Gasteiger partial charge in [-0.05, 0) is 68.5 Å². The Labute approximate surface area is 231 Å². The van der Waals surface area contributed by atoms with Gasteiger partial charge >= 0.3 is 0 Å². The maximum atomic E-state index is 14.2. The number of carbonyl (C=O) groups excluding carboxylic acids is 1. The summed E-state index contributed by atoms with van der Waals surface area (Å²) in [4.78, 5) is 16.5. The lowest BCUT2D eigenvalue weighted by molar-refractivity contribution is 0.0995. The van der Waals surface area contributed by atoms with Crippen LogP contribution in [0, 0.1) is 6.92 Å². The van der Waals surface area contributed by atoms with Crippen molar-refractivity contribution >= 4 is 41.5 Å². The number of nitrogens with one attached hydrogen (secondary N) is 2. The molecule has 0 atom stereocenters. The van der Waals surface area contributed by atoms with E-state index in [0.29, 0.717) is 34.5 Å². The third-order valence-electron chi connectivity index (χ3n) is 7.36. The summed E-state index contributed by atoms with van der Waals surface area (Å²) in [5.41, 5.74) is 10.4. The van der Waals surface area contributed by atoms with E-state index in [1.54, 1.807) is 24.1 Å². The zero-order chi connectivity index (χ0) is 28.0. The minimum absolute atomic E-state index is 0.0230. The number of methoxy groups -OCH3 is 1. The van der Waals surface area contributed by atoms with Crippen molar-refractivity contribution in [2.24, 2.45) is 12.8 Å². The highest BCUT2D eigenvalue weighted by Gasteiger charge is 2.53. The molecule has 0 spiro atoms. The second-order valence-corrected chi connectivity index (χ2v) is 13.7. The number of benzene rings is 1. The van der Waals surface area contributed by atoms with Gasteiger partial charge in [-0.3, -0.25) is 9.48 Å². The van der Waals surface area contributed by atoms with E-state index in [0.717, 1.165) is 42.2 Å². The number of aryl methyl sites for hydroxylation is 2. The molecule has 0 bridgehead atoms. The molecule has 0 aliphatic heterocycles. The molecule has 40 heavy (non-hydrogen) atoms. The van der Waals surface area contributed by atoms with Gasteiger partial charge in [-0.25, -0.2) is 4.98 Å². The van der Waals surface area contributed by atoms with E-state index in [9.17, 15) is 9.36 Å². The van der Waals surface area contributed by atoms with E-state index < -0.39 is 13.0 Å². The summed E-state index contributed by atoms with van der Waals surface area (Å²) in [7, 11) is 0.927. The number of rotatable bonds is 10. The maximum Gasteiger partial charge on any atom is 0.271 e. The van der Waals surface area contributed by atoms with Gasteiger partial charge in [-0.1, -0.05) is 6.07 Å². The summed E-state index contributed by atoms with van der Waals surface area (Å²) in [6.45, 7) is 1.96. The number of aromatic nitrogens is 5. The Hall–Kier alpha value is -4.24. The topological polar surface area (TPSA) is 150 Å². The van der Waals surface area contributed by atoms with Crippen molar-refractivity contribution in [1.29, 1.82) is 0 Å². The van der Waals surface area contributed by atoms with Crippen LogP contribution in [0.4, 0.5) is 23.0 Å². The smallest absolute Gasteiger partial charge is 0.271 e. The molecule has 3 heterocycles. The molecule has 2 fully saturated rings. The summed E-state index contributed by atoms with van der Waals surface area (Å²) in [5.74, 6) is 0.760. The summed E-state index contributed by atoms with van der Waals surface area (Å²) in [5, 5.41) is 19.3. The highest BCUT2D eigenvalue weighted by molar-refractivity contribution is 7.73. The zero-order valence-electron chi connectivity index (χ0n) is 22.6. The van der Waals surface area contributed by atoms with Gasteiger partial charge in [0.2, 0.25) is 0 Å². The van der Waals surface area contributed by atoms with E-state index >= 15 is 0 Å². The predicted octanol–water partition coefficient (Wildman–Crippen LogP) is 4.49. The van der Waals surface area contributed by atoms with Crippen LogP contribution in [0.1, 0.15) is 41.7 Å². The zero-order valence-corrected chi connectivity index (χ0v) is 23.5. The van der Waals surface area contributed by atoms with E-state index in [4.69, 9.17) is 15.6 Å². The van der Waals surface area contributed by atoms with Gasteiger partial charge in [0.15, 0.2) is 17.3 Å². The number of hydrogen-bond donors (Lipinski definition) is 3. The van der Waals surface area contributed by atoms with Gasteiger partial charge < -0.3 is 25.7 Å². The molecule has 206 valence electrons. The highest BCUT2D eigenvalue weighted by Crippen LogP contribution is 2.69. The molecule has 1 aromatic carbocycles. The fourth-order valence-corrected chi connectivity index (χ4v) is 9.17. The molecular weight excluding hydrogens is 527 g/mol. The number of hydrogen-bond acceptors (Lipinski definition) is 9. The van der Waals surface area contributed by atoms with Gasteiger partial charge in [-0.15, -0.1) is 10.2 Å². The number of nitrogens with zero attached hydrogens (tertiary/aromatic N) is 5. The monoisotopic (exact) mass is 558 g/mol. The Morgan fingerprint density at radius 1 is 1.02 bits per heavy atom. The minimum Gasteiger partial charge on any atom is -0.494 e. The Kier molecular flexibility index (Phi) is 6.54. The molecule has 1 amide bonds. The van der Waals surface area contributed by atoms with Crippen molar-refractivity contribution in [2.45, 2.75) is 43.9 Å². The summed E-state index contributed by atoms with van der Waals surface area (Å²) >= 11 is 0. The molecule has 0 saturated heterocycles. The van der Waals surface area contributed by atoms with Crippen molar-refractivity contribution in [3.8, 4) is 17.0 Å². The molecule has 0 unspecified atom stereocenters. The first kappa shape index (κ1) is 26.0. The summed E-state index contributed by atoms with van der Waals surface area (Å²) < 4.78 is 21.8. The molecule has 12 heteroatoms. The Morgan fingerprint density at radius 2 is 1.77 bits per heavy atom. The van der Waals surface area contributed by atoms with Gasteiger partial charge in [0.05, 0.1) is 29.6 Å². The van der Waals surface area contributed by atoms with Crippen LogP contribution in [0.15, 0.2) is 48.7 Å². The molecule has 2 aliphatic rings. The number of pyridine rings is 1. The highest BCUT2D eigenvalue weighted by atomic mass is 31.2. The van der Waals surface area contributed by atoms with E-state index in [1.165, 1.54) is 0 Å². The molecule has 6 rings (SSSR count). The number of para-hydroxylation sites is 1. The second-order valence-electron chi connectivity index (χ2n) is 10.4. The van der Waals surface area contributed by atoms with E-state index in [-0.39, 0.29) is 17.0 Å². The molecule has 2 saturated carbocycles. The SMILES string of the molecule is COc1c(Nc2cc(Nc3cc(C)ccn3)nnc2C(N)=O)cccc1-c1cc(P(=O)(C2CC2)C2CC2)n(C)n1. The Morgan fingerprint density at radius 3 is 2.42 bits per heavy atom. The van der Waals surface area contributed by atoms with Crippen LogP contribution < -0.4 is 26.5 Å². The first-order valence-electron chi connectivity index (χ1n) is 13.2. The Bertz CT molecular complexity index is 1650. The largest absolute Gasteiger partial charge is 0.494 e. The molecule has 4 N–H and O–H groups in total. The van der Waals surface area contributed by atoms with Crippen LogP contribution in [0.3, 0.4) is 0 Å². The van der Waals surface area contributed by atoms with Crippen molar-refractivity contribution in [3.63, 3.8) is 0 Å². The minimum atomic E-state index is -2.51. The van der Waals surface area contributed by atoms with Crippen LogP contribution in [-0.4, -0.2) is 49.3 Å². The lowest BCUT2D eigenvalue weighted by Gasteiger charge is -2.17. The standard InChI is InChI=1S/C28H31N8O3P/c1-16-11-12-30-23(13-16)32-24-14-22(26(28(29)37)34-33-24)31-20-6-4-5-19(27(20)39-3)21-15-25(36(2)35-21)40(38,17-7-8-17)18-9-10-18/h4-6,11-15,17-18H,7-10H2,1-3H3,(H2,29,37)(H2,30,31,32,33). The van der Waals surface area contributed by atoms with Crippen LogP contribution in [-0.2, 0) is 11.6 Å². The quantitative estimate of drug-likeness (QED) is 0.239. The maximum absolute atomic E-state index is 14.2. The average molecular weight is 559 g/mol. The third-order valence-corrected chi connectivity index (χ3v) is 11.7. The lowest BCUT2D eigenvalue weighted by Crippen LogP contribution is -2.20. The number of nitrogens with two attached hydrogens (primary N) is 1. The fraction of sp³-hybridized carbons (Fsp3) is 0.321. The summed E-state index contributed by atoms with van der Waals surface area (Å²) in [6, 6.07) is 13.0. The number of ether oxygens (including phenoxy) is 1. The average Bonchev–Trinajstić information content (AvgIpc) is 3.85. The lowest BCUT2D eigenvalue weighted by atomic mass is 10.1. The fourth-order valence-electron chi connectivity index (χ4n) is 5.17.